The van der Waals surface area contributed by atoms with Crippen LogP contribution < -0.4 is 0 Å². The van der Waals surface area contributed by atoms with E-state index >= 15 is 0 Å². The number of alkyl halides is 2. The molecule has 2 aromatic rings. The fourth-order valence-corrected chi connectivity index (χ4v) is 2.16. The molecular weight excluding hydrogens is 272 g/mol. The molecule has 0 bridgehead atoms. The Morgan fingerprint density at radius 2 is 1.47 bits per heavy atom. The molecule has 0 nitrogen and oxygen atoms in total. The fourth-order valence-electron chi connectivity index (χ4n) is 1.57. The van der Waals surface area contributed by atoms with Crippen LogP contribution in [0.25, 0.3) is 11.1 Å². The molecule has 0 radical (unpaired) electrons. The van der Waals surface area contributed by atoms with E-state index in [1.807, 2.05) is 36.4 Å². The minimum atomic E-state index is -0.145. The van der Waals surface area contributed by atoms with Crippen molar-refractivity contribution in [1.29, 1.82) is 0 Å². The van der Waals surface area contributed by atoms with E-state index < -0.39 is 0 Å². The maximum atomic E-state index is 6.07. The molecule has 0 aliphatic carbocycles. The Bertz CT molecular complexity index is 437. The standard InChI is InChI=1S/C13H10BrCl/c14-13(15)12-9-5-4-8-11(12)10-6-2-1-3-7-10/h1-9,13H. The SMILES string of the molecule is ClC(Br)c1ccccc1-c1ccccc1. The second-order valence-electron chi connectivity index (χ2n) is 3.25. The van der Waals surface area contributed by atoms with Gasteiger partial charge in [-0.25, -0.2) is 0 Å². The molecule has 2 rings (SSSR count). The summed E-state index contributed by atoms with van der Waals surface area (Å²) >= 11 is 9.47. The first-order chi connectivity index (χ1) is 7.29. The van der Waals surface area contributed by atoms with E-state index in [2.05, 4.69) is 34.1 Å². The molecule has 2 aromatic carbocycles. The van der Waals surface area contributed by atoms with Gasteiger partial charge in [0.2, 0.25) is 0 Å². The first-order valence-electron chi connectivity index (χ1n) is 4.71. The molecular formula is C13H10BrCl. The summed E-state index contributed by atoms with van der Waals surface area (Å²) in [7, 11) is 0. The van der Waals surface area contributed by atoms with Gasteiger partial charge in [0.05, 0.1) is 0 Å². The molecule has 0 amide bonds. The predicted molar refractivity (Wildman–Crippen MR) is 69.4 cm³/mol. The van der Waals surface area contributed by atoms with Crippen LogP contribution in [0, 0.1) is 0 Å². The Balaban J connectivity index is 2.53. The lowest BCUT2D eigenvalue weighted by Gasteiger charge is -2.09. The molecule has 0 saturated carbocycles. The van der Waals surface area contributed by atoms with Crippen molar-refractivity contribution in [2.75, 3.05) is 0 Å². The third kappa shape index (κ3) is 2.42. The van der Waals surface area contributed by atoms with Crippen LogP contribution in [0.3, 0.4) is 0 Å². The summed E-state index contributed by atoms with van der Waals surface area (Å²) in [6.07, 6.45) is 0. The van der Waals surface area contributed by atoms with Gasteiger partial charge in [-0.2, -0.15) is 0 Å². The predicted octanol–water partition coefficient (Wildman–Crippen LogP) is 4.99. The number of halogens is 2. The molecule has 0 aliphatic heterocycles. The minimum absolute atomic E-state index is 0.145. The van der Waals surface area contributed by atoms with E-state index in [-0.39, 0.29) is 4.29 Å². The van der Waals surface area contributed by atoms with Crippen LogP contribution >= 0.6 is 27.5 Å². The average molecular weight is 282 g/mol. The highest BCUT2D eigenvalue weighted by Gasteiger charge is 2.09. The van der Waals surface area contributed by atoms with Crippen molar-refractivity contribution in [2.45, 2.75) is 4.29 Å². The summed E-state index contributed by atoms with van der Waals surface area (Å²) < 4.78 is -0.145. The van der Waals surface area contributed by atoms with Crippen molar-refractivity contribution in [3.05, 3.63) is 60.2 Å². The Hall–Kier alpha value is -0.790. The molecule has 0 spiro atoms. The summed E-state index contributed by atoms with van der Waals surface area (Å²) in [6.45, 7) is 0. The smallest absolute Gasteiger partial charge is 0.105 e. The summed E-state index contributed by atoms with van der Waals surface area (Å²) in [6, 6.07) is 18.4. The summed E-state index contributed by atoms with van der Waals surface area (Å²) in [5, 5.41) is 0. The highest BCUT2D eigenvalue weighted by Crippen LogP contribution is 2.34. The Morgan fingerprint density at radius 1 is 0.867 bits per heavy atom. The molecule has 1 atom stereocenters. The van der Waals surface area contributed by atoms with E-state index in [0.717, 1.165) is 5.56 Å². The van der Waals surface area contributed by atoms with E-state index in [0.29, 0.717) is 0 Å². The lowest BCUT2D eigenvalue weighted by molar-refractivity contribution is 1.38. The molecule has 0 saturated heterocycles. The van der Waals surface area contributed by atoms with Crippen LogP contribution in [-0.2, 0) is 0 Å². The monoisotopic (exact) mass is 280 g/mol. The van der Waals surface area contributed by atoms with Gasteiger partial charge in [0.25, 0.3) is 0 Å². The van der Waals surface area contributed by atoms with Crippen LogP contribution in [0.5, 0.6) is 0 Å². The minimum Gasteiger partial charge on any atom is -0.105 e. The van der Waals surface area contributed by atoms with Crippen molar-refractivity contribution >= 4 is 27.5 Å². The maximum absolute atomic E-state index is 6.07. The van der Waals surface area contributed by atoms with Crippen LogP contribution in [-0.4, -0.2) is 0 Å². The third-order valence-electron chi connectivity index (χ3n) is 2.28. The second-order valence-corrected chi connectivity index (χ2v) is 5.13. The quantitative estimate of drug-likeness (QED) is 0.681. The van der Waals surface area contributed by atoms with Gasteiger partial charge in [-0.1, -0.05) is 70.5 Å². The molecule has 15 heavy (non-hydrogen) atoms. The number of hydrogen-bond donors (Lipinski definition) is 0. The first-order valence-corrected chi connectivity index (χ1v) is 6.07. The highest BCUT2D eigenvalue weighted by molar-refractivity contribution is 9.09. The lowest BCUT2D eigenvalue weighted by atomic mass is 10.0. The van der Waals surface area contributed by atoms with E-state index in [1.165, 1.54) is 11.1 Å². The zero-order valence-electron chi connectivity index (χ0n) is 8.03. The normalized spacial score (nSPS) is 12.4. The van der Waals surface area contributed by atoms with E-state index in [4.69, 9.17) is 11.6 Å². The largest absolute Gasteiger partial charge is 0.114 e. The summed E-state index contributed by atoms with van der Waals surface area (Å²) in [4.78, 5) is 0. The zero-order valence-corrected chi connectivity index (χ0v) is 10.4. The summed E-state index contributed by atoms with van der Waals surface area (Å²) in [5.74, 6) is 0. The molecule has 2 heteroatoms. The van der Waals surface area contributed by atoms with E-state index in [9.17, 15) is 0 Å². The molecule has 76 valence electrons. The van der Waals surface area contributed by atoms with Crippen molar-refractivity contribution in [2.24, 2.45) is 0 Å². The van der Waals surface area contributed by atoms with Gasteiger partial charge in [-0.3, -0.25) is 0 Å². The maximum Gasteiger partial charge on any atom is 0.114 e. The second kappa shape index (κ2) is 4.82. The summed E-state index contributed by atoms with van der Waals surface area (Å²) in [5.41, 5.74) is 3.47. The van der Waals surface area contributed by atoms with Crippen molar-refractivity contribution in [1.82, 2.24) is 0 Å². The van der Waals surface area contributed by atoms with Crippen LogP contribution in [0.4, 0.5) is 0 Å². The van der Waals surface area contributed by atoms with Crippen LogP contribution in [0.2, 0.25) is 0 Å². The average Bonchev–Trinajstić information content (AvgIpc) is 2.30. The van der Waals surface area contributed by atoms with Gasteiger partial charge in [-0.05, 0) is 16.7 Å². The van der Waals surface area contributed by atoms with E-state index in [1.54, 1.807) is 0 Å². The van der Waals surface area contributed by atoms with Crippen molar-refractivity contribution < 1.29 is 0 Å². The highest BCUT2D eigenvalue weighted by atomic mass is 79.9. The van der Waals surface area contributed by atoms with Gasteiger partial charge < -0.3 is 0 Å². The third-order valence-corrected chi connectivity index (χ3v) is 3.01. The first kappa shape index (κ1) is 10.7. The van der Waals surface area contributed by atoms with Crippen LogP contribution in [0.15, 0.2) is 54.6 Å². The topological polar surface area (TPSA) is 0 Å². The van der Waals surface area contributed by atoms with Gasteiger partial charge in [-0.15, -0.1) is 11.6 Å². The van der Waals surface area contributed by atoms with Crippen molar-refractivity contribution in [3.63, 3.8) is 0 Å². The van der Waals surface area contributed by atoms with Crippen LogP contribution in [0.1, 0.15) is 9.85 Å². The zero-order chi connectivity index (χ0) is 10.7. The molecule has 0 heterocycles. The van der Waals surface area contributed by atoms with Gasteiger partial charge in [0.1, 0.15) is 4.29 Å². The molecule has 0 aromatic heterocycles. The molecule has 1 unspecified atom stereocenters. The number of hydrogen-bond acceptors (Lipinski definition) is 0. The van der Waals surface area contributed by atoms with Gasteiger partial charge >= 0.3 is 0 Å². The number of benzene rings is 2. The van der Waals surface area contributed by atoms with Gasteiger partial charge in [0.15, 0.2) is 0 Å². The Kier molecular flexibility index (Phi) is 3.45. The fraction of sp³-hybridized carbons (Fsp3) is 0.0769. The van der Waals surface area contributed by atoms with Gasteiger partial charge in [0, 0.05) is 0 Å². The van der Waals surface area contributed by atoms with Crippen molar-refractivity contribution in [3.8, 4) is 11.1 Å². The Labute approximate surface area is 103 Å². The molecule has 0 aliphatic rings. The number of rotatable bonds is 2. The molecule has 0 N–H and O–H groups in total. The Morgan fingerprint density at radius 3 is 2.13 bits per heavy atom. The lowest BCUT2D eigenvalue weighted by Crippen LogP contribution is -1.87. The molecule has 0 fully saturated rings.